The minimum absolute atomic E-state index is 0.139. The zero-order valence-electron chi connectivity index (χ0n) is 19.0. The Labute approximate surface area is 205 Å². The lowest BCUT2D eigenvalue weighted by molar-refractivity contribution is -0.127. The highest BCUT2D eigenvalue weighted by molar-refractivity contribution is 6.06. The molecule has 0 aliphatic carbocycles. The van der Waals surface area contributed by atoms with E-state index in [0.29, 0.717) is 11.4 Å². The summed E-state index contributed by atoms with van der Waals surface area (Å²) < 4.78 is 0. The number of benzene rings is 3. The van der Waals surface area contributed by atoms with Crippen LogP contribution in [0.2, 0.25) is 0 Å². The number of aliphatic hydroxyl groups excluding tert-OH is 1. The van der Waals surface area contributed by atoms with Crippen LogP contribution in [0.3, 0.4) is 0 Å². The van der Waals surface area contributed by atoms with Gasteiger partial charge < -0.3 is 32.5 Å². The number of guanidine groups is 1. The average Bonchev–Trinajstić information content (AvgIpc) is 2.86. The number of anilines is 1. The summed E-state index contributed by atoms with van der Waals surface area (Å²) in [6, 6.07) is 16.5. The zero-order chi connectivity index (χ0) is 26.1. The summed E-state index contributed by atoms with van der Waals surface area (Å²) in [5, 5.41) is 20.6. The van der Waals surface area contributed by atoms with E-state index in [4.69, 9.17) is 11.5 Å². The maximum absolute atomic E-state index is 12.4. The minimum atomic E-state index is -1.33. The lowest BCUT2D eigenvalue weighted by atomic mass is 10.1. The molecular weight excluding hydrogens is 466 g/mol. The van der Waals surface area contributed by atoms with Gasteiger partial charge >= 0.3 is 6.03 Å². The van der Waals surface area contributed by atoms with Gasteiger partial charge in [-0.2, -0.15) is 0 Å². The topological polar surface area (TPSA) is 201 Å². The van der Waals surface area contributed by atoms with Crippen molar-refractivity contribution in [3.05, 3.63) is 72.3 Å². The summed E-state index contributed by atoms with van der Waals surface area (Å²) in [5.74, 6) is -2.44. The highest BCUT2D eigenvalue weighted by atomic mass is 16.3. The number of carbonyl (C=O) groups is 4. The van der Waals surface area contributed by atoms with Crippen LogP contribution in [0.15, 0.2) is 71.7 Å². The smallest absolute Gasteiger partial charge is 0.319 e. The number of nitrogens with zero attached hydrogens (tertiary/aromatic N) is 1. The zero-order valence-corrected chi connectivity index (χ0v) is 19.0. The second-order valence-corrected chi connectivity index (χ2v) is 7.54. The molecule has 0 aliphatic rings. The number of carbonyl (C=O) groups excluding carboxylic acids is 4. The van der Waals surface area contributed by atoms with Gasteiger partial charge in [-0.05, 0) is 35.7 Å². The fourth-order valence-corrected chi connectivity index (χ4v) is 3.22. The van der Waals surface area contributed by atoms with Gasteiger partial charge in [0.2, 0.25) is 11.8 Å². The second kappa shape index (κ2) is 11.9. The van der Waals surface area contributed by atoms with Gasteiger partial charge in [0.05, 0.1) is 24.5 Å². The first-order valence-corrected chi connectivity index (χ1v) is 10.7. The van der Waals surface area contributed by atoms with Gasteiger partial charge in [0, 0.05) is 10.9 Å². The monoisotopic (exact) mass is 491 g/mol. The summed E-state index contributed by atoms with van der Waals surface area (Å²) in [6.07, 6.45) is 0. The highest BCUT2D eigenvalue weighted by Gasteiger charge is 2.21. The quantitative estimate of drug-likeness (QED) is 0.173. The van der Waals surface area contributed by atoms with Gasteiger partial charge in [0.15, 0.2) is 5.96 Å². The van der Waals surface area contributed by atoms with Gasteiger partial charge in [0.25, 0.3) is 5.91 Å². The van der Waals surface area contributed by atoms with Gasteiger partial charge in [-0.1, -0.05) is 36.4 Å². The van der Waals surface area contributed by atoms with Crippen molar-refractivity contribution in [1.82, 2.24) is 16.0 Å². The van der Waals surface area contributed by atoms with Crippen LogP contribution in [0, 0.1) is 0 Å². The molecule has 12 nitrogen and oxygen atoms in total. The first-order chi connectivity index (χ1) is 17.3. The molecule has 0 fully saturated rings. The highest BCUT2D eigenvalue weighted by Crippen LogP contribution is 2.22. The molecule has 0 aromatic heterocycles. The van der Waals surface area contributed by atoms with Crippen molar-refractivity contribution in [1.29, 1.82) is 0 Å². The van der Waals surface area contributed by atoms with E-state index in [0.717, 1.165) is 10.8 Å². The number of hydrogen-bond acceptors (Lipinski definition) is 6. The number of fused-ring (bicyclic) bond motifs is 1. The standard InChI is InChI=1S/C24H25N7O5/c25-23(26)28-16-10-8-15(9-11-16)21(34)31-20(33)12-27-22(35)19(13-32)30-24(36)29-18-7-3-5-14-4-1-2-6-17(14)18/h1-11,19,32H,12-13H2,(H,27,35)(H4,25,26,28)(H2,29,30,36)(H,31,33,34)/t19-/m0/s1. The molecule has 36 heavy (non-hydrogen) atoms. The van der Waals surface area contributed by atoms with Crippen LogP contribution in [0.25, 0.3) is 10.8 Å². The van der Waals surface area contributed by atoms with Crippen LogP contribution in [0.1, 0.15) is 10.4 Å². The molecule has 0 saturated carbocycles. The Bertz CT molecular complexity index is 1300. The molecule has 0 bridgehead atoms. The molecule has 3 rings (SSSR count). The SMILES string of the molecule is NC(N)=Nc1ccc(C(=O)NC(=O)CNC(=O)[C@H](CO)NC(=O)Nc2cccc3ccccc23)cc1. The van der Waals surface area contributed by atoms with E-state index < -0.39 is 42.9 Å². The van der Waals surface area contributed by atoms with Crippen molar-refractivity contribution in [2.24, 2.45) is 16.5 Å². The van der Waals surface area contributed by atoms with Crippen LogP contribution in [0.5, 0.6) is 0 Å². The Morgan fingerprint density at radius 3 is 2.31 bits per heavy atom. The molecule has 12 heteroatoms. The van der Waals surface area contributed by atoms with Crippen molar-refractivity contribution in [2.45, 2.75) is 6.04 Å². The Morgan fingerprint density at radius 1 is 0.917 bits per heavy atom. The maximum atomic E-state index is 12.4. The predicted molar refractivity (Wildman–Crippen MR) is 134 cm³/mol. The molecule has 0 heterocycles. The summed E-state index contributed by atoms with van der Waals surface area (Å²) in [4.78, 5) is 52.8. The van der Waals surface area contributed by atoms with Crippen molar-refractivity contribution < 1.29 is 24.3 Å². The molecule has 3 aromatic rings. The van der Waals surface area contributed by atoms with E-state index in [1.54, 1.807) is 12.1 Å². The number of nitrogens with two attached hydrogens (primary N) is 2. The molecule has 186 valence electrons. The van der Waals surface area contributed by atoms with Crippen LogP contribution >= 0.6 is 0 Å². The number of imide groups is 1. The van der Waals surface area contributed by atoms with Crippen molar-refractivity contribution in [2.75, 3.05) is 18.5 Å². The van der Waals surface area contributed by atoms with Crippen LogP contribution < -0.4 is 32.7 Å². The number of aliphatic hydroxyl groups is 1. The second-order valence-electron chi connectivity index (χ2n) is 7.54. The molecule has 5 amide bonds. The van der Waals surface area contributed by atoms with E-state index in [9.17, 15) is 24.3 Å². The van der Waals surface area contributed by atoms with Gasteiger partial charge in [-0.3, -0.25) is 19.7 Å². The largest absolute Gasteiger partial charge is 0.394 e. The molecular formula is C24H25N7O5. The number of nitrogens with one attached hydrogen (secondary N) is 4. The van der Waals surface area contributed by atoms with E-state index in [1.165, 1.54) is 24.3 Å². The maximum Gasteiger partial charge on any atom is 0.319 e. The van der Waals surface area contributed by atoms with Crippen molar-refractivity contribution in [3.8, 4) is 0 Å². The Balaban J connectivity index is 1.49. The summed E-state index contributed by atoms with van der Waals surface area (Å²) in [5.41, 5.74) is 11.7. The van der Waals surface area contributed by atoms with Gasteiger partial charge in [-0.25, -0.2) is 9.79 Å². The average molecular weight is 492 g/mol. The Hall–Kier alpha value is -4.97. The van der Waals surface area contributed by atoms with Crippen molar-refractivity contribution in [3.63, 3.8) is 0 Å². The van der Waals surface area contributed by atoms with E-state index in [2.05, 4.69) is 26.3 Å². The molecule has 9 N–H and O–H groups in total. The van der Waals surface area contributed by atoms with Crippen LogP contribution in [0.4, 0.5) is 16.2 Å². The van der Waals surface area contributed by atoms with Crippen molar-refractivity contribution >= 4 is 51.9 Å². The third-order valence-electron chi connectivity index (χ3n) is 4.91. The lowest BCUT2D eigenvalue weighted by Crippen LogP contribution is -2.52. The molecule has 0 spiro atoms. The molecule has 3 aromatic carbocycles. The first kappa shape index (κ1) is 25.6. The number of rotatable bonds is 8. The molecule has 1 atom stereocenters. The fourth-order valence-electron chi connectivity index (χ4n) is 3.22. The third kappa shape index (κ3) is 7.01. The van der Waals surface area contributed by atoms with Gasteiger partial charge in [0.1, 0.15) is 6.04 Å². The summed E-state index contributed by atoms with van der Waals surface area (Å²) in [7, 11) is 0. The predicted octanol–water partition coefficient (Wildman–Crippen LogP) is 0.300. The molecule has 0 aliphatic heterocycles. The molecule has 0 saturated heterocycles. The normalized spacial score (nSPS) is 11.1. The van der Waals surface area contributed by atoms with E-state index >= 15 is 0 Å². The number of hydrogen-bond donors (Lipinski definition) is 7. The van der Waals surface area contributed by atoms with Crippen LogP contribution in [-0.4, -0.2) is 54.0 Å². The number of amides is 5. The Kier molecular flexibility index (Phi) is 8.51. The first-order valence-electron chi connectivity index (χ1n) is 10.7. The van der Waals surface area contributed by atoms with Crippen LogP contribution in [-0.2, 0) is 9.59 Å². The van der Waals surface area contributed by atoms with Gasteiger partial charge in [-0.15, -0.1) is 0 Å². The Morgan fingerprint density at radius 2 is 1.61 bits per heavy atom. The number of aliphatic imine (C=N–C) groups is 1. The summed E-state index contributed by atoms with van der Waals surface area (Å²) in [6.45, 7) is -1.27. The van der Waals surface area contributed by atoms with E-state index in [-0.39, 0.29) is 11.5 Å². The third-order valence-corrected chi connectivity index (χ3v) is 4.91. The summed E-state index contributed by atoms with van der Waals surface area (Å²) >= 11 is 0. The molecule has 0 radical (unpaired) electrons. The lowest BCUT2D eigenvalue weighted by Gasteiger charge is -2.17. The minimum Gasteiger partial charge on any atom is -0.394 e. The fraction of sp³-hybridized carbons (Fsp3) is 0.125. The van der Waals surface area contributed by atoms with E-state index in [1.807, 2.05) is 30.3 Å². The number of urea groups is 1. The molecule has 0 unspecified atom stereocenters.